The van der Waals surface area contributed by atoms with Gasteiger partial charge in [0, 0.05) is 17.6 Å². The Morgan fingerprint density at radius 1 is 1.43 bits per heavy atom. The van der Waals surface area contributed by atoms with E-state index in [1.54, 1.807) is 6.26 Å². The molecule has 4 rings (SSSR count). The molecule has 1 aliphatic carbocycles. The lowest BCUT2D eigenvalue weighted by atomic mass is 9.85. The summed E-state index contributed by atoms with van der Waals surface area (Å²) >= 11 is 0. The van der Waals surface area contributed by atoms with Crippen molar-refractivity contribution >= 4 is 5.57 Å². The molecule has 0 spiro atoms. The summed E-state index contributed by atoms with van der Waals surface area (Å²) in [5.74, 6) is 0. The number of nitrogens with one attached hydrogen (secondary N) is 1. The summed E-state index contributed by atoms with van der Waals surface area (Å²) in [6.07, 6.45) is 10.8. The summed E-state index contributed by atoms with van der Waals surface area (Å²) in [5.41, 5.74) is 2.56. The summed E-state index contributed by atoms with van der Waals surface area (Å²) in [6.45, 7) is 0. The molecule has 2 aliphatic heterocycles. The average Bonchev–Trinajstić information content (AvgIpc) is 2.51. The standard InChI is InChI=1S/C11H14N2O/c1-3-10-5-11(13-10)4-2-8(1)9-6-12-14-7-9/h1,6-7,10-11,13H,2-5H2/b8-1+. The third-order valence-electron chi connectivity index (χ3n) is 3.25. The van der Waals surface area contributed by atoms with Crippen LogP contribution >= 0.6 is 0 Å². The zero-order valence-corrected chi connectivity index (χ0v) is 8.07. The van der Waals surface area contributed by atoms with E-state index >= 15 is 0 Å². The summed E-state index contributed by atoms with van der Waals surface area (Å²) in [6, 6.07) is 1.47. The highest BCUT2D eigenvalue weighted by atomic mass is 16.5. The van der Waals surface area contributed by atoms with Crippen LogP contribution in [0.4, 0.5) is 0 Å². The van der Waals surface area contributed by atoms with Crippen molar-refractivity contribution in [1.29, 1.82) is 0 Å². The Morgan fingerprint density at radius 3 is 3.14 bits per heavy atom. The molecule has 1 aromatic rings. The zero-order valence-electron chi connectivity index (χ0n) is 8.07. The van der Waals surface area contributed by atoms with Gasteiger partial charge in [0.2, 0.25) is 0 Å². The fourth-order valence-corrected chi connectivity index (χ4v) is 2.36. The van der Waals surface area contributed by atoms with Crippen LogP contribution in [-0.2, 0) is 0 Å². The van der Waals surface area contributed by atoms with Crippen LogP contribution in [0.3, 0.4) is 0 Å². The van der Waals surface area contributed by atoms with Crippen LogP contribution in [0.15, 0.2) is 23.1 Å². The molecule has 3 heterocycles. The highest BCUT2D eigenvalue weighted by molar-refractivity contribution is 5.64. The molecule has 0 aromatic carbocycles. The van der Waals surface area contributed by atoms with Crippen molar-refractivity contribution in [2.45, 2.75) is 37.8 Å². The Balaban J connectivity index is 1.82. The molecule has 14 heavy (non-hydrogen) atoms. The van der Waals surface area contributed by atoms with Crippen molar-refractivity contribution in [3.63, 3.8) is 0 Å². The molecule has 3 nitrogen and oxygen atoms in total. The minimum absolute atomic E-state index is 0.718. The van der Waals surface area contributed by atoms with Gasteiger partial charge in [-0.2, -0.15) is 0 Å². The van der Waals surface area contributed by atoms with Gasteiger partial charge < -0.3 is 9.84 Å². The highest BCUT2D eigenvalue weighted by Gasteiger charge is 2.28. The lowest BCUT2D eigenvalue weighted by molar-refractivity contribution is 0.251. The maximum atomic E-state index is 4.87. The van der Waals surface area contributed by atoms with E-state index in [9.17, 15) is 0 Å². The first kappa shape index (κ1) is 8.24. The second-order valence-corrected chi connectivity index (χ2v) is 4.21. The fraction of sp³-hybridized carbons (Fsp3) is 0.545. The molecular formula is C11H14N2O. The van der Waals surface area contributed by atoms with Crippen molar-refractivity contribution in [3.8, 4) is 0 Å². The van der Waals surface area contributed by atoms with Crippen molar-refractivity contribution in [1.82, 2.24) is 10.5 Å². The molecule has 2 bridgehead atoms. The quantitative estimate of drug-likeness (QED) is 0.735. The van der Waals surface area contributed by atoms with Crippen molar-refractivity contribution in [2.75, 3.05) is 0 Å². The van der Waals surface area contributed by atoms with Crippen molar-refractivity contribution in [2.24, 2.45) is 0 Å². The number of hydrogen-bond acceptors (Lipinski definition) is 3. The van der Waals surface area contributed by atoms with Crippen LogP contribution in [0.5, 0.6) is 0 Å². The molecule has 2 unspecified atom stereocenters. The van der Waals surface area contributed by atoms with E-state index in [1.165, 1.54) is 18.4 Å². The monoisotopic (exact) mass is 190 g/mol. The van der Waals surface area contributed by atoms with Gasteiger partial charge in [0.15, 0.2) is 0 Å². The number of nitrogens with zero attached hydrogens (tertiary/aromatic N) is 1. The first-order valence-electron chi connectivity index (χ1n) is 5.26. The van der Waals surface area contributed by atoms with Gasteiger partial charge in [-0.15, -0.1) is 0 Å². The van der Waals surface area contributed by atoms with Crippen LogP contribution in [0.1, 0.15) is 31.2 Å². The smallest absolute Gasteiger partial charge is 0.131 e. The van der Waals surface area contributed by atoms with Gasteiger partial charge in [0.25, 0.3) is 0 Å². The Bertz CT molecular complexity index is 336. The summed E-state index contributed by atoms with van der Waals surface area (Å²) in [7, 11) is 0. The number of aromatic nitrogens is 1. The van der Waals surface area contributed by atoms with E-state index in [1.807, 2.05) is 6.20 Å². The van der Waals surface area contributed by atoms with E-state index < -0.39 is 0 Å². The Labute approximate surface area is 83.2 Å². The van der Waals surface area contributed by atoms with Gasteiger partial charge in [-0.3, -0.25) is 0 Å². The number of hydrogen-bond donors (Lipinski definition) is 1. The first-order chi connectivity index (χ1) is 6.92. The average molecular weight is 190 g/mol. The molecular weight excluding hydrogens is 176 g/mol. The molecule has 2 atom stereocenters. The first-order valence-corrected chi connectivity index (χ1v) is 5.26. The van der Waals surface area contributed by atoms with Gasteiger partial charge in [-0.1, -0.05) is 11.2 Å². The maximum absolute atomic E-state index is 4.87. The van der Waals surface area contributed by atoms with E-state index in [2.05, 4.69) is 16.5 Å². The van der Waals surface area contributed by atoms with Gasteiger partial charge in [0.05, 0.1) is 6.20 Å². The normalized spacial score (nSPS) is 35.0. The van der Waals surface area contributed by atoms with Crippen LogP contribution in [-0.4, -0.2) is 17.2 Å². The highest BCUT2D eigenvalue weighted by Crippen LogP contribution is 2.29. The lowest BCUT2D eigenvalue weighted by Crippen LogP contribution is -2.52. The number of rotatable bonds is 1. The lowest BCUT2D eigenvalue weighted by Gasteiger charge is -2.39. The van der Waals surface area contributed by atoms with Gasteiger partial charge in [0.1, 0.15) is 6.26 Å². The number of allylic oxidation sites excluding steroid dienone is 1. The summed E-state index contributed by atoms with van der Waals surface area (Å²) < 4.78 is 4.87. The molecule has 3 aliphatic rings. The molecule has 1 fully saturated rings. The predicted molar refractivity (Wildman–Crippen MR) is 53.7 cm³/mol. The Morgan fingerprint density at radius 2 is 2.36 bits per heavy atom. The molecule has 0 radical (unpaired) electrons. The van der Waals surface area contributed by atoms with Gasteiger partial charge in [-0.05, 0) is 31.3 Å². The third-order valence-corrected chi connectivity index (χ3v) is 3.25. The molecule has 1 saturated heterocycles. The molecule has 74 valence electrons. The minimum Gasteiger partial charge on any atom is -0.364 e. The van der Waals surface area contributed by atoms with Gasteiger partial charge >= 0.3 is 0 Å². The molecule has 0 saturated carbocycles. The second-order valence-electron chi connectivity index (χ2n) is 4.21. The molecule has 3 heteroatoms. The Kier molecular flexibility index (Phi) is 1.91. The summed E-state index contributed by atoms with van der Waals surface area (Å²) in [4.78, 5) is 0. The van der Waals surface area contributed by atoms with Crippen molar-refractivity contribution < 1.29 is 4.52 Å². The number of fused-ring (bicyclic) bond motifs is 3. The minimum atomic E-state index is 0.718. The molecule has 0 amide bonds. The second kappa shape index (κ2) is 3.24. The Hall–Kier alpha value is -1.09. The van der Waals surface area contributed by atoms with Gasteiger partial charge in [-0.25, -0.2) is 0 Å². The topological polar surface area (TPSA) is 38.1 Å². The van der Waals surface area contributed by atoms with Crippen LogP contribution in [0, 0.1) is 0 Å². The van der Waals surface area contributed by atoms with E-state index in [0.717, 1.165) is 30.5 Å². The van der Waals surface area contributed by atoms with E-state index in [-0.39, 0.29) is 0 Å². The van der Waals surface area contributed by atoms with Crippen molar-refractivity contribution in [3.05, 3.63) is 24.1 Å². The summed E-state index contributed by atoms with van der Waals surface area (Å²) in [5, 5.41) is 7.31. The van der Waals surface area contributed by atoms with Crippen LogP contribution in [0.2, 0.25) is 0 Å². The van der Waals surface area contributed by atoms with E-state index in [0.29, 0.717) is 0 Å². The third kappa shape index (κ3) is 1.38. The predicted octanol–water partition coefficient (Wildman–Crippen LogP) is 1.97. The fourth-order valence-electron chi connectivity index (χ4n) is 2.36. The largest absolute Gasteiger partial charge is 0.364 e. The molecule has 1 aromatic heterocycles. The van der Waals surface area contributed by atoms with Crippen LogP contribution < -0.4 is 5.32 Å². The SMILES string of the molecule is C1=C(/c2cnoc2)CCC2CC(C/1)N2. The zero-order chi connectivity index (χ0) is 9.38. The molecule has 1 N–H and O–H groups in total. The van der Waals surface area contributed by atoms with E-state index in [4.69, 9.17) is 4.52 Å². The maximum Gasteiger partial charge on any atom is 0.131 e. The van der Waals surface area contributed by atoms with Crippen LogP contribution in [0.25, 0.3) is 5.57 Å².